The molecule has 0 saturated heterocycles. The standard InChI is InChI=1S/C17H11ClFN3OS/c18-12-7-9(19)5-6-13(12)20-17(23)16-11-8-24-14-4-2-1-3-10(14)15(11)21-22-16/h1-7H,8H2,(H,20,23)(H,21,22). The van der Waals surface area contributed by atoms with Crippen LogP contribution in [-0.2, 0) is 5.75 Å². The highest BCUT2D eigenvalue weighted by atomic mass is 35.5. The molecule has 3 aromatic rings. The number of aromatic nitrogens is 2. The van der Waals surface area contributed by atoms with E-state index in [9.17, 15) is 9.18 Å². The van der Waals surface area contributed by atoms with Crippen LogP contribution in [0.3, 0.4) is 0 Å². The van der Waals surface area contributed by atoms with E-state index in [0.717, 1.165) is 27.8 Å². The first kappa shape index (κ1) is 15.2. The Morgan fingerprint density at radius 1 is 1.29 bits per heavy atom. The summed E-state index contributed by atoms with van der Waals surface area (Å²) in [6, 6.07) is 11.8. The molecule has 24 heavy (non-hydrogen) atoms. The molecule has 0 saturated carbocycles. The Hall–Kier alpha value is -2.31. The molecule has 4 rings (SSSR count). The lowest BCUT2D eigenvalue weighted by molar-refractivity contribution is 0.102. The minimum atomic E-state index is -0.454. The zero-order chi connectivity index (χ0) is 16.7. The van der Waals surface area contributed by atoms with Crippen LogP contribution in [0.2, 0.25) is 5.02 Å². The molecule has 1 amide bonds. The van der Waals surface area contributed by atoms with Gasteiger partial charge in [-0.15, -0.1) is 11.8 Å². The van der Waals surface area contributed by atoms with Crippen molar-refractivity contribution in [3.63, 3.8) is 0 Å². The molecule has 2 heterocycles. The van der Waals surface area contributed by atoms with E-state index < -0.39 is 5.82 Å². The second-order valence-corrected chi connectivity index (χ2v) is 6.71. The van der Waals surface area contributed by atoms with Crippen LogP contribution in [0.25, 0.3) is 11.3 Å². The summed E-state index contributed by atoms with van der Waals surface area (Å²) in [6.07, 6.45) is 0. The minimum Gasteiger partial charge on any atom is -0.319 e. The highest BCUT2D eigenvalue weighted by Crippen LogP contribution is 2.41. The number of anilines is 1. The zero-order valence-electron chi connectivity index (χ0n) is 12.3. The van der Waals surface area contributed by atoms with Crippen LogP contribution in [0.5, 0.6) is 0 Å². The van der Waals surface area contributed by atoms with Gasteiger partial charge in [-0.2, -0.15) is 5.10 Å². The summed E-state index contributed by atoms with van der Waals surface area (Å²) in [6.45, 7) is 0. The number of amides is 1. The lowest BCUT2D eigenvalue weighted by atomic mass is 10.1. The van der Waals surface area contributed by atoms with E-state index in [1.54, 1.807) is 11.8 Å². The monoisotopic (exact) mass is 359 g/mol. The normalized spacial score (nSPS) is 12.4. The average Bonchev–Trinajstić information content (AvgIpc) is 3.02. The highest BCUT2D eigenvalue weighted by molar-refractivity contribution is 7.98. The van der Waals surface area contributed by atoms with Gasteiger partial charge in [-0.05, 0) is 24.3 Å². The summed E-state index contributed by atoms with van der Waals surface area (Å²) in [5, 5.41) is 9.97. The van der Waals surface area contributed by atoms with Crippen molar-refractivity contribution in [1.82, 2.24) is 10.2 Å². The minimum absolute atomic E-state index is 0.149. The van der Waals surface area contributed by atoms with Gasteiger partial charge in [0.1, 0.15) is 11.5 Å². The third-order valence-corrected chi connectivity index (χ3v) is 5.20. The highest BCUT2D eigenvalue weighted by Gasteiger charge is 2.25. The third kappa shape index (κ3) is 2.57. The van der Waals surface area contributed by atoms with Crippen molar-refractivity contribution in [3.05, 3.63) is 64.6 Å². The molecule has 0 fully saturated rings. The van der Waals surface area contributed by atoms with Crippen molar-refractivity contribution >= 4 is 35.0 Å². The first-order chi connectivity index (χ1) is 11.6. The molecule has 1 aromatic heterocycles. The van der Waals surface area contributed by atoms with Gasteiger partial charge in [0.15, 0.2) is 0 Å². The average molecular weight is 360 g/mol. The lowest BCUT2D eigenvalue weighted by Gasteiger charge is -2.15. The smallest absolute Gasteiger partial charge is 0.274 e. The summed E-state index contributed by atoms with van der Waals surface area (Å²) in [7, 11) is 0. The lowest BCUT2D eigenvalue weighted by Crippen LogP contribution is -2.15. The van der Waals surface area contributed by atoms with Gasteiger partial charge in [-0.3, -0.25) is 9.89 Å². The third-order valence-electron chi connectivity index (χ3n) is 3.79. The van der Waals surface area contributed by atoms with Crippen LogP contribution in [0.15, 0.2) is 47.4 Å². The maximum atomic E-state index is 13.1. The molecular weight excluding hydrogens is 349 g/mol. The fourth-order valence-corrected chi connectivity index (χ4v) is 3.92. The van der Waals surface area contributed by atoms with Gasteiger partial charge < -0.3 is 5.32 Å². The first-order valence-corrected chi connectivity index (χ1v) is 8.55. The summed E-state index contributed by atoms with van der Waals surface area (Å²) < 4.78 is 13.1. The van der Waals surface area contributed by atoms with Crippen LogP contribution in [-0.4, -0.2) is 16.1 Å². The fourth-order valence-electron chi connectivity index (χ4n) is 2.63. The van der Waals surface area contributed by atoms with Gasteiger partial charge >= 0.3 is 0 Å². The summed E-state index contributed by atoms with van der Waals surface area (Å²) in [5.41, 5.74) is 3.41. The van der Waals surface area contributed by atoms with Gasteiger partial charge in [-0.25, -0.2) is 4.39 Å². The molecule has 0 atom stereocenters. The second kappa shape index (κ2) is 5.96. The van der Waals surface area contributed by atoms with Crippen molar-refractivity contribution in [1.29, 1.82) is 0 Å². The Bertz CT molecular complexity index is 957. The van der Waals surface area contributed by atoms with E-state index in [1.165, 1.54) is 12.1 Å². The summed E-state index contributed by atoms with van der Waals surface area (Å²) >= 11 is 7.62. The van der Waals surface area contributed by atoms with E-state index in [2.05, 4.69) is 15.5 Å². The van der Waals surface area contributed by atoms with Gasteiger partial charge in [0.2, 0.25) is 0 Å². The number of nitrogens with zero attached hydrogens (tertiary/aromatic N) is 1. The molecule has 0 bridgehead atoms. The molecular formula is C17H11ClFN3OS. The number of carbonyl (C=O) groups is 1. The van der Waals surface area contributed by atoms with Gasteiger partial charge in [0.05, 0.1) is 16.4 Å². The quantitative estimate of drug-likeness (QED) is 0.695. The number of fused-ring (bicyclic) bond motifs is 3. The number of carbonyl (C=O) groups excluding carboxylic acids is 1. The number of nitrogens with one attached hydrogen (secondary N) is 2. The first-order valence-electron chi connectivity index (χ1n) is 7.19. The van der Waals surface area contributed by atoms with Crippen molar-refractivity contribution in [2.75, 3.05) is 5.32 Å². The van der Waals surface area contributed by atoms with Gasteiger partial charge in [0.25, 0.3) is 5.91 Å². The molecule has 2 aromatic carbocycles. The van der Waals surface area contributed by atoms with Crippen molar-refractivity contribution in [2.24, 2.45) is 0 Å². The maximum absolute atomic E-state index is 13.1. The van der Waals surface area contributed by atoms with Crippen LogP contribution < -0.4 is 5.32 Å². The van der Waals surface area contributed by atoms with E-state index in [0.29, 0.717) is 17.1 Å². The molecule has 4 nitrogen and oxygen atoms in total. The predicted molar refractivity (Wildman–Crippen MR) is 92.9 cm³/mol. The van der Waals surface area contributed by atoms with E-state index in [4.69, 9.17) is 11.6 Å². The van der Waals surface area contributed by atoms with Crippen LogP contribution in [0.4, 0.5) is 10.1 Å². The van der Waals surface area contributed by atoms with Crippen molar-refractivity contribution in [3.8, 4) is 11.3 Å². The number of thioether (sulfide) groups is 1. The Kier molecular flexibility index (Phi) is 3.78. The van der Waals surface area contributed by atoms with Gasteiger partial charge in [-0.1, -0.05) is 29.8 Å². The summed E-state index contributed by atoms with van der Waals surface area (Å²) in [5.74, 6) is -0.148. The number of benzene rings is 2. The Balaban J connectivity index is 1.67. The molecule has 0 aliphatic carbocycles. The molecule has 7 heteroatoms. The number of H-pyrrole nitrogens is 1. The molecule has 1 aliphatic rings. The number of hydrogen-bond acceptors (Lipinski definition) is 3. The van der Waals surface area contributed by atoms with Crippen LogP contribution >= 0.6 is 23.4 Å². The number of aromatic amines is 1. The van der Waals surface area contributed by atoms with E-state index in [1.807, 2.05) is 24.3 Å². The predicted octanol–water partition coefficient (Wildman–Crippen LogP) is 4.73. The molecule has 0 spiro atoms. The van der Waals surface area contributed by atoms with Crippen LogP contribution in [0.1, 0.15) is 16.1 Å². The van der Waals surface area contributed by atoms with Crippen LogP contribution in [0, 0.1) is 5.82 Å². The Morgan fingerprint density at radius 3 is 2.96 bits per heavy atom. The second-order valence-electron chi connectivity index (χ2n) is 5.29. The molecule has 120 valence electrons. The molecule has 0 radical (unpaired) electrons. The molecule has 2 N–H and O–H groups in total. The van der Waals surface area contributed by atoms with E-state index in [-0.39, 0.29) is 10.9 Å². The SMILES string of the molecule is O=C(Nc1ccc(F)cc1Cl)c1[nH]nc2c1CSc1ccccc1-2. The maximum Gasteiger partial charge on any atom is 0.274 e. The topological polar surface area (TPSA) is 57.8 Å². The Morgan fingerprint density at radius 2 is 2.12 bits per heavy atom. The summed E-state index contributed by atoms with van der Waals surface area (Å²) in [4.78, 5) is 13.7. The number of rotatable bonds is 2. The molecule has 0 unspecified atom stereocenters. The van der Waals surface area contributed by atoms with Crippen molar-refractivity contribution < 1.29 is 9.18 Å². The van der Waals surface area contributed by atoms with Gasteiger partial charge in [0, 0.05) is 21.8 Å². The fraction of sp³-hybridized carbons (Fsp3) is 0.0588. The number of hydrogen-bond donors (Lipinski definition) is 2. The zero-order valence-corrected chi connectivity index (χ0v) is 13.8. The Labute approximate surface area is 146 Å². The van der Waals surface area contributed by atoms with E-state index >= 15 is 0 Å². The largest absolute Gasteiger partial charge is 0.319 e. The number of halogens is 2. The van der Waals surface area contributed by atoms with Crippen molar-refractivity contribution in [2.45, 2.75) is 10.6 Å². The molecule has 1 aliphatic heterocycles.